The highest BCUT2D eigenvalue weighted by atomic mass is 16.3. The number of carbonyl (C=O) groups excluding carboxylic acids is 1. The molecule has 3 rings (SSSR count). The van der Waals surface area contributed by atoms with Gasteiger partial charge in [0.1, 0.15) is 5.76 Å². The number of furan rings is 1. The summed E-state index contributed by atoms with van der Waals surface area (Å²) < 4.78 is 5.36. The molecule has 0 radical (unpaired) electrons. The molecule has 1 fully saturated rings. The molecule has 110 valence electrons. The summed E-state index contributed by atoms with van der Waals surface area (Å²) in [5, 5.41) is 0. The molecule has 5 nitrogen and oxygen atoms in total. The fourth-order valence-electron chi connectivity index (χ4n) is 2.59. The van der Waals surface area contributed by atoms with Gasteiger partial charge in [0, 0.05) is 37.4 Å². The summed E-state index contributed by atoms with van der Waals surface area (Å²) in [6.07, 6.45) is 1.69. The van der Waals surface area contributed by atoms with Crippen LogP contribution in [-0.2, 0) is 6.54 Å². The molecule has 0 atom stereocenters. The molecule has 0 unspecified atom stereocenters. The lowest BCUT2D eigenvalue weighted by atomic mass is 10.1. The van der Waals surface area contributed by atoms with E-state index in [1.54, 1.807) is 18.4 Å². The van der Waals surface area contributed by atoms with E-state index in [1.807, 2.05) is 29.2 Å². The minimum atomic E-state index is 0.0555. The van der Waals surface area contributed by atoms with Crippen LogP contribution in [0.4, 0.5) is 5.69 Å². The van der Waals surface area contributed by atoms with Crippen molar-refractivity contribution < 1.29 is 9.21 Å². The number of rotatable bonds is 3. The standard InChI is InChI=1S/C16H19N3O2/c17-14-4-1-3-13(11-14)16(20)19-8-6-18(7-9-19)12-15-5-2-10-21-15/h1-5,10-11H,6-9,12,17H2. The molecule has 1 aromatic heterocycles. The van der Waals surface area contributed by atoms with Gasteiger partial charge < -0.3 is 15.1 Å². The number of amides is 1. The van der Waals surface area contributed by atoms with Crippen LogP contribution in [0.15, 0.2) is 47.1 Å². The van der Waals surface area contributed by atoms with Gasteiger partial charge >= 0.3 is 0 Å². The third kappa shape index (κ3) is 3.25. The van der Waals surface area contributed by atoms with Crippen molar-refractivity contribution >= 4 is 11.6 Å². The van der Waals surface area contributed by atoms with Gasteiger partial charge in [-0.05, 0) is 30.3 Å². The number of piperazine rings is 1. The van der Waals surface area contributed by atoms with Crippen LogP contribution in [0.1, 0.15) is 16.1 Å². The summed E-state index contributed by atoms with van der Waals surface area (Å²) in [5.74, 6) is 1.02. The molecule has 2 aromatic rings. The van der Waals surface area contributed by atoms with E-state index < -0.39 is 0 Å². The lowest BCUT2D eigenvalue weighted by Gasteiger charge is -2.34. The van der Waals surface area contributed by atoms with Crippen LogP contribution in [0.25, 0.3) is 0 Å². The van der Waals surface area contributed by atoms with E-state index in [0.717, 1.165) is 38.5 Å². The molecule has 2 N–H and O–H groups in total. The average Bonchev–Trinajstić information content (AvgIpc) is 3.00. The van der Waals surface area contributed by atoms with E-state index in [0.29, 0.717) is 11.3 Å². The molecule has 1 amide bonds. The van der Waals surface area contributed by atoms with E-state index in [4.69, 9.17) is 10.2 Å². The van der Waals surface area contributed by atoms with Gasteiger partial charge in [0.15, 0.2) is 0 Å². The maximum Gasteiger partial charge on any atom is 0.254 e. The first-order valence-electron chi connectivity index (χ1n) is 7.12. The molecular formula is C16H19N3O2. The molecule has 0 saturated carbocycles. The predicted molar refractivity (Wildman–Crippen MR) is 80.7 cm³/mol. The van der Waals surface area contributed by atoms with E-state index in [1.165, 1.54) is 0 Å². The van der Waals surface area contributed by atoms with Crippen LogP contribution in [0, 0.1) is 0 Å². The van der Waals surface area contributed by atoms with E-state index in [-0.39, 0.29) is 5.91 Å². The van der Waals surface area contributed by atoms with Crippen LogP contribution >= 0.6 is 0 Å². The van der Waals surface area contributed by atoms with Gasteiger partial charge in [-0.25, -0.2) is 0 Å². The molecule has 5 heteroatoms. The Bertz CT molecular complexity index is 602. The molecule has 1 aliphatic rings. The zero-order valence-corrected chi connectivity index (χ0v) is 11.9. The molecule has 2 heterocycles. The number of nitrogen functional groups attached to an aromatic ring is 1. The third-order valence-corrected chi connectivity index (χ3v) is 3.75. The number of nitrogens with zero attached hydrogens (tertiary/aromatic N) is 2. The van der Waals surface area contributed by atoms with E-state index in [9.17, 15) is 4.79 Å². The Kier molecular flexibility index (Phi) is 3.92. The number of hydrogen-bond acceptors (Lipinski definition) is 4. The highest BCUT2D eigenvalue weighted by molar-refractivity contribution is 5.95. The quantitative estimate of drug-likeness (QED) is 0.874. The summed E-state index contributed by atoms with van der Waals surface area (Å²) in [7, 11) is 0. The fourth-order valence-corrected chi connectivity index (χ4v) is 2.59. The largest absolute Gasteiger partial charge is 0.468 e. The van der Waals surface area contributed by atoms with Crippen molar-refractivity contribution in [3.05, 3.63) is 54.0 Å². The fraction of sp³-hybridized carbons (Fsp3) is 0.312. The number of nitrogens with two attached hydrogens (primary N) is 1. The van der Waals surface area contributed by atoms with E-state index >= 15 is 0 Å². The third-order valence-electron chi connectivity index (χ3n) is 3.75. The Balaban J connectivity index is 1.57. The van der Waals surface area contributed by atoms with Crippen LogP contribution < -0.4 is 5.73 Å². The minimum Gasteiger partial charge on any atom is -0.468 e. The number of carbonyl (C=O) groups is 1. The van der Waals surface area contributed by atoms with Crippen LogP contribution in [0.5, 0.6) is 0 Å². The second-order valence-corrected chi connectivity index (χ2v) is 5.27. The van der Waals surface area contributed by atoms with Crippen LogP contribution in [0.3, 0.4) is 0 Å². The van der Waals surface area contributed by atoms with Gasteiger partial charge in [-0.1, -0.05) is 6.07 Å². The maximum atomic E-state index is 12.4. The van der Waals surface area contributed by atoms with Gasteiger partial charge in [-0.15, -0.1) is 0 Å². The van der Waals surface area contributed by atoms with Gasteiger partial charge in [0.2, 0.25) is 0 Å². The Labute approximate surface area is 123 Å². The summed E-state index contributed by atoms with van der Waals surface area (Å²) >= 11 is 0. The second-order valence-electron chi connectivity index (χ2n) is 5.27. The number of hydrogen-bond donors (Lipinski definition) is 1. The Morgan fingerprint density at radius 2 is 1.95 bits per heavy atom. The van der Waals surface area contributed by atoms with E-state index in [2.05, 4.69) is 4.90 Å². The molecule has 21 heavy (non-hydrogen) atoms. The Morgan fingerprint density at radius 1 is 1.14 bits per heavy atom. The highest BCUT2D eigenvalue weighted by Gasteiger charge is 2.22. The predicted octanol–water partition coefficient (Wildman–Crippen LogP) is 1.82. The summed E-state index contributed by atoms with van der Waals surface area (Å²) in [6.45, 7) is 3.97. The lowest BCUT2D eigenvalue weighted by molar-refractivity contribution is 0.0620. The first kappa shape index (κ1) is 13.7. The second kappa shape index (κ2) is 6.01. The van der Waals surface area contributed by atoms with Gasteiger partial charge in [0.25, 0.3) is 5.91 Å². The SMILES string of the molecule is Nc1cccc(C(=O)N2CCN(Cc3ccco3)CC2)c1. The van der Waals surface area contributed by atoms with Crippen molar-refractivity contribution in [3.63, 3.8) is 0 Å². The highest BCUT2D eigenvalue weighted by Crippen LogP contribution is 2.13. The topological polar surface area (TPSA) is 62.7 Å². The van der Waals surface area contributed by atoms with Crippen LogP contribution in [-0.4, -0.2) is 41.9 Å². The summed E-state index contributed by atoms with van der Waals surface area (Å²) in [4.78, 5) is 16.6. The molecule has 1 aliphatic heterocycles. The molecule has 0 spiro atoms. The molecule has 1 saturated heterocycles. The van der Waals surface area contributed by atoms with Crippen LogP contribution in [0.2, 0.25) is 0 Å². The monoisotopic (exact) mass is 285 g/mol. The van der Waals surface area contributed by atoms with Gasteiger partial charge in [-0.2, -0.15) is 0 Å². The van der Waals surface area contributed by atoms with Gasteiger partial charge in [0.05, 0.1) is 12.8 Å². The van der Waals surface area contributed by atoms with Crippen molar-refractivity contribution in [2.75, 3.05) is 31.9 Å². The number of benzene rings is 1. The lowest BCUT2D eigenvalue weighted by Crippen LogP contribution is -2.48. The average molecular weight is 285 g/mol. The Hall–Kier alpha value is -2.27. The van der Waals surface area contributed by atoms with Crippen molar-refractivity contribution in [3.8, 4) is 0 Å². The molecule has 1 aromatic carbocycles. The smallest absolute Gasteiger partial charge is 0.254 e. The molecular weight excluding hydrogens is 266 g/mol. The van der Waals surface area contributed by atoms with Gasteiger partial charge in [-0.3, -0.25) is 9.69 Å². The number of anilines is 1. The first-order valence-corrected chi connectivity index (χ1v) is 7.12. The van der Waals surface area contributed by atoms with Crippen molar-refractivity contribution in [2.45, 2.75) is 6.54 Å². The zero-order valence-electron chi connectivity index (χ0n) is 11.9. The molecule has 0 bridgehead atoms. The zero-order chi connectivity index (χ0) is 14.7. The summed E-state index contributed by atoms with van der Waals surface area (Å²) in [5.41, 5.74) is 7.02. The first-order chi connectivity index (χ1) is 10.2. The van der Waals surface area contributed by atoms with Crippen molar-refractivity contribution in [2.24, 2.45) is 0 Å². The minimum absolute atomic E-state index is 0.0555. The maximum absolute atomic E-state index is 12.4. The molecule has 0 aliphatic carbocycles. The van der Waals surface area contributed by atoms with Crippen molar-refractivity contribution in [1.29, 1.82) is 0 Å². The summed E-state index contributed by atoms with van der Waals surface area (Å²) in [6, 6.07) is 11.0. The Morgan fingerprint density at radius 3 is 2.62 bits per heavy atom. The normalized spacial score (nSPS) is 16.1. The van der Waals surface area contributed by atoms with Crippen molar-refractivity contribution in [1.82, 2.24) is 9.80 Å².